The molecule has 0 fully saturated rings. The maximum absolute atomic E-state index is 11.0. The molecular weight excluding hydrogens is 222 g/mol. The van der Waals surface area contributed by atoms with Gasteiger partial charge in [-0.15, -0.1) is 0 Å². The number of thioether (sulfide) groups is 1. The van der Waals surface area contributed by atoms with E-state index in [0.717, 1.165) is 12.2 Å². The Morgan fingerprint density at radius 1 is 1.44 bits per heavy atom. The Morgan fingerprint density at radius 2 is 2.12 bits per heavy atom. The van der Waals surface area contributed by atoms with Crippen LogP contribution in [-0.2, 0) is 9.53 Å². The predicted molar refractivity (Wildman–Crippen MR) is 70.9 cm³/mol. The third-order valence-corrected chi connectivity index (χ3v) is 4.22. The maximum Gasteiger partial charge on any atom is 0.306 e. The van der Waals surface area contributed by atoms with Crippen LogP contribution in [0.3, 0.4) is 0 Å². The number of esters is 1. The van der Waals surface area contributed by atoms with Crippen LogP contribution >= 0.6 is 11.8 Å². The summed E-state index contributed by atoms with van der Waals surface area (Å²) in [4.78, 5) is 11.0. The van der Waals surface area contributed by atoms with Crippen molar-refractivity contribution in [3.63, 3.8) is 0 Å². The van der Waals surface area contributed by atoms with Crippen LogP contribution in [0.2, 0.25) is 0 Å². The van der Waals surface area contributed by atoms with E-state index < -0.39 is 0 Å². The van der Waals surface area contributed by atoms with E-state index in [9.17, 15) is 4.79 Å². The summed E-state index contributed by atoms with van der Waals surface area (Å²) < 4.78 is 4.63. The highest BCUT2D eigenvalue weighted by molar-refractivity contribution is 7.99. The number of hydrogen-bond acceptors (Lipinski definition) is 4. The Kier molecular flexibility index (Phi) is 9.83. The van der Waals surface area contributed by atoms with Gasteiger partial charge in [0, 0.05) is 17.0 Å². The molecule has 0 aliphatic rings. The third kappa shape index (κ3) is 6.38. The van der Waals surface area contributed by atoms with Crippen molar-refractivity contribution in [1.82, 2.24) is 5.32 Å². The summed E-state index contributed by atoms with van der Waals surface area (Å²) in [5, 5.41) is 3.96. The minimum atomic E-state index is -0.112. The van der Waals surface area contributed by atoms with Gasteiger partial charge in [0.25, 0.3) is 0 Å². The number of ether oxygens (including phenoxy) is 1. The molecule has 0 saturated carbocycles. The van der Waals surface area contributed by atoms with Gasteiger partial charge in [0.15, 0.2) is 0 Å². The first-order valence-corrected chi connectivity index (χ1v) is 7.10. The number of nitrogens with one attached hydrogen (secondary N) is 1. The van der Waals surface area contributed by atoms with Crippen LogP contribution in [0.1, 0.15) is 39.5 Å². The normalized spacial score (nSPS) is 14.5. The topological polar surface area (TPSA) is 38.3 Å². The molecule has 2 unspecified atom stereocenters. The summed E-state index contributed by atoms with van der Waals surface area (Å²) in [5.41, 5.74) is 0. The molecule has 0 rings (SSSR count). The second kappa shape index (κ2) is 9.97. The fourth-order valence-electron chi connectivity index (χ4n) is 1.74. The van der Waals surface area contributed by atoms with E-state index in [2.05, 4.69) is 23.9 Å². The van der Waals surface area contributed by atoms with E-state index >= 15 is 0 Å². The summed E-state index contributed by atoms with van der Waals surface area (Å²) in [6.07, 6.45) is 4.04. The lowest BCUT2D eigenvalue weighted by Gasteiger charge is -2.25. The molecule has 0 saturated heterocycles. The minimum absolute atomic E-state index is 0.112. The Morgan fingerprint density at radius 3 is 2.56 bits per heavy atom. The smallest absolute Gasteiger partial charge is 0.306 e. The summed E-state index contributed by atoms with van der Waals surface area (Å²) >= 11 is 1.87. The van der Waals surface area contributed by atoms with E-state index in [1.807, 2.05) is 18.8 Å². The number of methoxy groups -OCH3 is 1. The Hall–Kier alpha value is -0.220. The minimum Gasteiger partial charge on any atom is -0.469 e. The highest BCUT2D eigenvalue weighted by Crippen LogP contribution is 2.21. The molecule has 2 atom stereocenters. The summed E-state index contributed by atoms with van der Waals surface area (Å²) in [6, 6.07) is 0.553. The zero-order chi connectivity index (χ0) is 12.4. The molecule has 0 aromatic carbocycles. The lowest BCUT2D eigenvalue weighted by molar-refractivity contribution is -0.140. The molecule has 0 spiro atoms. The van der Waals surface area contributed by atoms with Gasteiger partial charge in [0.1, 0.15) is 0 Å². The fraction of sp³-hybridized carbons (Fsp3) is 0.917. The molecule has 0 aromatic rings. The van der Waals surface area contributed by atoms with Crippen LogP contribution in [0.4, 0.5) is 0 Å². The quantitative estimate of drug-likeness (QED) is 0.635. The SMILES string of the molecule is CCCC(NC)C(CC)SCCC(=O)OC. The average molecular weight is 247 g/mol. The molecule has 0 amide bonds. The molecule has 3 nitrogen and oxygen atoms in total. The fourth-order valence-corrected chi connectivity index (χ4v) is 3.07. The van der Waals surface area contributed by atoms with Gasteiger partial charge in [-0.05, 0) is 19.9 Å². The van der Waals surface area contributed by atoms with Gasteiger partial charge in [-0.1, -0.05) is 20.3 Å². The summed E-state index contributed by atoms with van der Waals surface area (Å²) in [5.74, 6) is 0.742. The van der Waals surface area contributed by atoms with Gasteiger partial charge >= 0.3 is 5.97 Å². The molecule has 0 heterocycles. The van der Waals surface area contributed by atoms with Crippen molar-refractivity contribution in [2.24, 2.45) is 0 Å². The van der Waals surface area contributed by atoms with Crippen molar-refractivity contribution in [3.05, 3.63) is 0 Å². The zero-order valence-electron chi connectivity index (χ0n) is 10.9. The lowest BCUT2D eigenvalue weighted by Crippen LogP contribution is -2.35. The number of carbonyl (C=O) groups is 1. The van der Waals surface area contributed by atoms with Crippen LogP contribution < -0.4 is 5.32 Å². The van der Waals surface area contributed by atoms with Crippen molar-refractivity contribution in [2.75, 3.05) is 19.9 Å². The first kappa shape index (κ1) is 15.8. The van der Waals surface area contributed by atoms with E-state index in [-0.39, 0.29) is 5.97 Å². The largest absolute Gasteiger partial charge is 0.469 e. The van der Waals surface area contributed by atoms with Crippen LogP contribution in [0, 0.1) is 0 Å². The first-order chi connectivity index (χ1) is 7.69. The monoisotopic (exact) mass is 247 g/mol. The van der Waals surface area contributed by atoms with Gasteiger partial charge in [-0.3, -0.25) is 4.79 Å². The third-order valence-electron chi connectivity index (χ3n) is 2.69. The van der Waals surface area contributed by atoms with Crippen molar-refractivity contribution >= 4 is 17.7 Å². The Labute approximate surface area is 104 Å². The second-order valence-corrected chi connectivity index (χ2v) is 5.17. The molecule has 0 aliphatic carbocycles. The number of carbonyl (C=O) groups excluding carboxylic acids is 1. The lowest BCUT2D eigenvalue weighted by atomic mass is 10.1. The molecule has 0 aliphatic heterocycles. The average Bonchev–Trinajstić information content (AvgIpc) is 2.32. The van der Waals surface area contributed by atoms with Gasteiger partial charge in [0.2, 0.25) is 0 Å². The van der Waals surface area contributed by atoms with E-state index in [0.29, 0.717) is 17.7 Å². The van der Waals surface area contributed by atoms with Crippen LogP contribution in [0.5, 0.6) is 0 Å². The molecule has 96 valence electrons. The first-order valence-electron chi connectivity index (χ1n) is 6.05. The van der Waals surface area contributed by atoms with E-state index in [1.54, 1.807) is 0 Å². The number of hydrogen-bond donors (Lipinski definition) is 1. The molecule has 1 N–H and O–H groups in total. The second-order valence-electron chi connectivity index (χ2n) is 3.83. The standard InChI is InChI=1S/C12H25NO2S/c1-5-7-10(13-3)11(6-2)16-9-8-12(14)15-4/h10-11,13H,5-9H2,1-4H3. The highest BCUT2D eigenvalue weighted by atomic mass is 32.2. The molecule has 0 aromatic heterocycles. The Bertz CT molecular complexity index is 188. The summed E-state index contributed by atoms with van der Waals surface area (Å²) in [6.45, 7) is 4.41. The van der Waals surface area contributed by atoms with Gasteiger partial charge in [0.05, 0.1) is 13.5 Å². The van der Waals surface area contributed by atoms with Crippen LogP contribution in [-0.4, -0.2) is 37.2 Å². The molecule has 16 heavy (non-hydrogen) atoms. The highest BCUT2D eigenvalue weighted by Gasteiger charge is 2.18. The van der Waals surface area contributed by atoms with Crippen LogP contribution in [0.15, 0.2) is 0 Å². The van der Waals surface area contributed by atoms with Gasteiger partial charge in [-0.2, -0.15) is 11.8 Å². The van der Waals surface area contributed by atoms with Crippen molar-refractivity contribution in [2.45, 2.75) is 50.8 Å². The Balaban J connectivity index is 3.92. The van der Waals surface area contributed by atoms with Gasteiger partial charge in [-0.25, -0.2) is 0 Å². The number of rotatable bonds is 9. The van der Waals surface area contributed by atoms with E-state index in [4.69, 9.17) is 0 Å². The maximum atomic E-state index is 11.0. The van der Waals surface area contributed by atoms with Gasteiger partial charge < -0.3 is 10.1 Å². The predicted octanol–water partition coefficient (Wildman–Crippen LogP) is 2.45. The molecule has 4 heteroatoms. The molecule has 0 radical (unpaired) electrons. The molecular formula is C12H25NO2S. The van der Waals surface area contributed by atoms with E-state index in [1.165, 1.54) is 20.0 Å². The zero-order valence-corrected chi connectivity index (χ0v) is 11.7. The van der Waals surface area contributed by atoms with Crippen molar-refractivity contribution in [1.29, 1.82) is 0 Å². The van der Waals surface area contributed by atoms with Crippen molar-refractivity contribution < 1.29 is 9.53 Å². The van der Waals surface area contributed by atoms with Crippen molar-refractivity contribution in [3.8, 4) is 0 Å². The van der Waals surface area contributed by atoms with Crippen LogP contribution in [0.25, 0.3) is 0 Å². The molecule has 0 bridgehead atoms. The summed E-state index contributed by atoms with van der Waals surface area (Å²) in [7, 11) is 3.46.